The maximum Gasteiger partial charge on any atom is 0.310 e. The number of hydrogen-bond donors (Lipinski definition) is 1. The van der Waals surface area contributed by atoms with E-state index in [2.05, 4.69) is 51.3 Å². The minimum atomic E-state index is 0.0457. The van der Waals surface area contributed by atoms with Crippen LogP contribution in [0.15, 0.2) is 28.9 Å². The molecule has 3 rings (SSSR count). The molecule has 0 saturated carbocycles. The van der Waals surface area contributed by atoms with Crippen molar-refractivity contribution in [3.05, 3.63) is 47.6 Å². The van der Waals surface area contributed by atoms with Gasteiger partial charge in [-0.2, -0.15) is 4.98 Å². The zero-order chi connectivity index (χ0) is 17.8. The summed E-state index contributed by atoms with van der Waals surface area (Å²) in [5.74, 6) is 2.67. The minimum Gasteiger partial charge on any atom is -0.339 e. The average Bonchev–Trinajstić information content (AvgIpc) is 3.25. The zero-order valence-electron chi connectivity index (χ0n) is 15.0. The molecular formula is C17H24N7O+. The van der Waals surface area contributed by atoms with Crippen molar-refractivity contribution >= 4 is 0 Å². The number of hydrogen-bond acceptors (Lipinski definition) is 6. The molecule has 8 nitrogen and oxygen atoms in total. The van der Waals surface area contributed by atoms with Gasteiger partial charge in [-0.15, -0.1) is 0 Å². The van der Waals surface area contributed by atoms with Gasteiger partial charge in [0.05, 0.1) is 11.0 Å². The van der Waals surface area contributed by atoms with Gasteiger partial charge in [0.1, 0.15) is 6.54 Å². The number of tetrazole rings is 1. The average molecular weight is 342 g/mol. The van der Waals surface area contributed by atoms with Crippen LogP contribution in [0.5, 0.6) is 0 Å². The minimum absolute atomic E-state index is 0.0457. The summed E-state index contributed by atoms with van der Waals surface area (Å²) in [7, 11) is 0. The van der Waals surface area contributed by atoms with Crippen LogP contribution in [0, 0.1) is 0 Å². The highest BCUT2D eigenvalue weighted by molar-refractivity contribution is 5.10. The number of H-pyrrole nitrogens is 1. The quantitative estimate of drug-likeness (QED) is 0.661. The van der Waals surface area contributed by atoms with Gasteiger partial charge in [0.25, 0.3) is 0 Å². The fraction of sp³-hybridized carbons (Fsp3) is 0.529. The highest BCUT2D eigenvalue weighted by Gasteiger charge is 2.22. The van der Waals surface area contributed by atoms with Gasteiger partial charge in [-0.05, 0) is 29.4 Å². The van der Waals surface area contributed by atoms with Gasteiger partial charge in [-0.1, -0.05) is 36.8 Å². The second-order valence-corrected chi connectivity index (χ2v) is 6.72. The van der Waals surface area contributed by atoms with Crippen molar-refractivity contribution in [2.24, 2.45) is 0 Å². The van der Waals surface area contributed by atoms with Crippen molar-refractivity contribution < 1.29 is 9.32 Å². The molecule has 3 aromatic rings. The molecule has 0 spiro atoms. The van der Waals surface area contributed by atoms with Crippen LogP contribution in [0.25, 0.3) is 0 Å². The maximum atomic E-state index is 5.43. The van der Waals surface area contributed by atoms with Crippen LogP contribution in [-0.2, 0) is 13.0 Å². The molecule has 2 unspecified atom stereocenters. The SMILES string of the molecule is CC(C)c1n[nH][n+](CC(C)c2nc(CC(C)c3ccccn3)no2)n1. The molecule has 0 bridgehead atoms. The van der Waals surface area contributed by atoms with Gasteiger partial charge in [0, 0.05) is 30.1 Å². The van der Waals surface area contributed by atoms with E-state index < -0.39 is 0 Å². The summed E-state index contributed by atoms with van der Waals surface area (Å²) in [6, 6.07) is 5.92. The van der Waals surface area contributed by atoms with Crippen LogP contribution < -0.4 is 4.80 Å². The number of rotatable bonds is 7. The van der Waals surface area contributed by atoms with Crippen LogP contribution in [0.3, 0.4) is 0 Å². The molecule has 0 aliphatic heterocycles. The van der Waals surface area contributed by atoms with Crippen molar-refractivity contribution in [1.82, 2.24) is 30.5 Å². The lowest BCUT2D eigenvalue weighted by molar-refractivity contribution is -0.807. The van der Waals surface area contributed by atoms with Crippen molar-refractivity contribution in [3.8, 4) is 0 Å². The van der Waals surface area contributed by atoms with E-state index in [4.69, 9.17) is 4.52 Å². The Morgan fingerprint density at radius 2 is 2.00 bits per heavy atom. The first kappa shape index (κ1) is 17.2. The fourth-order valence-corrected chi connectivity index (χ4v) is 2.54. The van der Waals surface area contributed by atoms with Crippen molar-refractivity contribution in [1.29, 1.82) is 0 Å². The van der Waals surface area contributed by atoms with Crippen LogP contribution >= 0.6 is 0 Å². The molecule has 25 heavy (non-hydrogen) atoms. The molecule has 0 aliphatic carbocycles. The number of nitrogens with zero attached hydrogens (tertiary/aromatic N) is 6. The lowest BCUT2D eigenvalue weighted by atomic mass is 10.0. The van der Waals surface area contributed by atoms with Gasteiger partial charge in [0.2, 0.25) is 5.89 Å². The smallest absolute Gasteiger partial charge is 0.310 e. The number of pyridine rings is 1. The van der Waals surface area contributed by atoms with E-state index >= 15 is 0 Å². The Morgan fingerprint density at radius 3 is 2.68 bits per heavy atom. The molecule has 8 heteroatoms. The van der Waals surface area contributed by atoms with Crippen LogP contribution in [0.2, 0.25) is 0 Å². The molecule has 0 aromatic carbocycles. The maximum absolute atomic E-state index is 5.43. The third-order valence-electron chi connectivity index (χ3n) is 4.05. The Hall–Kier alpha value is -2.64. The predicted octanol–water partition coefficient (Wildman–Crippen LogP) is 2.14. The van der Waals surface area contributed by atoms with Gasteiger partial charge >= 0.3 is 5.82 Å². The molecule has 132 valence electrons. The molecule has 2 atom stereocenters. The Balaban J connectivity index is 1.62. The molecule has 0 fully saturated rings. The Kier molecular flexibility index (Phi) is 5.16. The van der Waals surface area contributed by atoms with Crippen molar-refractivity contribution in [2.45, 2.75) is 58.4 Å². The third-order valence-corrected chi connectivity index (χ3v) is 4.05. The second-order valence-electron chi connectivity index (χ2n) is 6.72. The van der Waals surface area contributed by atoms with Gasteiger partial charge in [0.15, 0.2) is 5.82 Å². The van der Waals surface area contributed by atoms with E-state index in [-0.39, 0.29) is 17.8 Å². The van der Waals surface area contributed by atoms with Crippen molar-refractivity contribution in [2.75, 3.05) is 0 Å². The van der Waals surface area contributed by atoms with Crippen LogP contribution in [0.1, 0.15) is 68.7 Å². The predicted molar refractivity (Wildman–Crippen MR) is 89.7 cm³/mol. The summed E-state index contributed by atoms with van der Waals surface area (Å²) in [5.41, 5.74) is 1.03. The molecule has 3 heterocycles. The van der Waals surface area contributed by atoms with Crippen LogP contribution in [-0.4, -0.2) is 30.5 Å². The summed E-state index contributed by atoms with van der Waals surface area (Å²) >= 11 is 0. The van der Waals surface area contributed by atoms with Gasteiger partial charge in [-0.25, -0.2) is 0 Å². The lowest BCUT2D eigenvalue weighted by Gasteiger charge is -2.07. The number of nitrogens with one attached hydrogen (secondary N) is 1. The molecule has 0 aliphatic rings. The Bertz CT molecular complexity index is 796. The third kappa shape index (κ3) is 4.26. The first-order chi connectivity index (χ1) is 12.0. The standard InChI is InChI=1S/C17H23N7O/c1-11(2)16-20-23-24(21-16)10-13(4)17-19-15(22-25-17)9-12(3)14-7-5-6-8-18-14/h5-8,11-13H,9-10H2,1-4H3/p+1. The van der Waals surface area contributed by atoms with Crippen molar-refractivity contribution in [3.63, 3.8) is 0 Å². The highest BCUT2D eigenvalue weighted by Crippen LogP contribution is 2.19. The van der Waals surface area contributed by atoms with E-state index in [1.54, 1.807) is 11.0 Å². The van der Waals surface area contributed by atoms with Gasteiger partial charge in [-0.3, -0.25) is 4.98 Å². The molecule has 0 radical (unpaired) electrons. The Labute approximate surface area is 146 Å². The topological polar surface area (TPSA) is 97.3 Å². The van der Waals surface area contributed by atoms with E-state index in [0.717, 1.165) is 11.5 Å². The summed E-state index contributed by atoms with van der Waals surface area (Å²) in [6.07, 6.45) is 2.50. The summed E-state index contributed by atoms with van der Waals surface area (Å²) in [4.78, 5) is 10.6. The molecule has 0 amide bonds. The first-order valence-electron chi connectivity index (χ1n) is 8.58. The molecule has 1 N–H and O–H groups in total. The second kappa shape index (κ2) is 7.50. The summed E-state index contributed by atoms with van der Waals surface area (Å²) in [6.45, 7) is 8.87. The lowest BCUT2D eigenvalue weighted by Crippen LogP contribution is -2.41. The fourth-order valence-electron chi connectivity index (χ4n) is 2.54. The summed E-state index contributed by atoms with van der Waals surface area (Å²) < 4.78 is 5.43. The van der Waals surface area contributed by atoms with E-state index in [1.807, 2.05) is 25.1 Å². The first-order valence-corrected chi connectivity index (χ1v) is 8.58. The molecular weight excluding hydrogens is 318 g/mol. The monoisotopic (exact) mass is 342 g/mol. The number of aromatic amines is 1. The Morgan fingerprint density at radius 1 is 1.16 bits per heavy atom. The largest absolute Gasteiger partial charge is 0.339 e. The number of aromatic nitrogens is 7. The molecule has 3 aromatic heterocycles. The zero-order valence-corrected chi connectivity index (χ0v) is 15.0. The van der Waals surface area contributed by atoms with Gasteiger partial charge < -0.3 is 4.52 Å². The summed E-state index contributed by atoms with van der Waals surface area (Å²) in [5, 5.41) is 15.6. The highest BCUT2D eigenvalue weighted by atomic mass is 16.5. The van der Waals surface area contributed by atoms with E-state index in [1.165, 1.54) is 0 Å². The van der Waals surface area contributed by atoms with E-state index in [9.17, 15) is 0 Å². The molecule has 0 saturated heterocycles. The normalized spacial score (nSPS) is 14.0. The van der Waals surface area contributed by atoms with Crippen LogP contribution in [0.4, 0.5) is 0 Å². The van der Waals surface area contributed by atoms with E-state index in [0.29, 0.717) is 24.7 Å².